The lowest BCUT2D eigenvalue weighted by Crippen LogP contribution is -2.30. The molecule has 2 heterocycles. The first-order chi connectivity index (χ1) is 6.81. The molecule has 1 aliphatic rings. The Morgan fingerprint density at radius 3 is 3.21 bits per heavy atom. The lowest BCUT2D eigenvalue weighted by molar-refractivity contribution is 0.196. The number of hydrogen-bond acceptors (Lipinski definition) is 3. The van der Waals surface area contributed by atoms with Crippen molar-refractivity contribution in [2.45, 2.75) is 6.04 Å². The van der Waals surface area contributed by atoms with Crippen molar-refractivity contribution in [1.29, 1.82) is 0 Å². The van der Waals surface area contributed by atoms with Crippen LogP contribution in [-0.4, -0.2) is 35.7 Å². The van der Waals surface area contributed by atoms with Crippen molar-refractivity contribution in [3.63, 3.8) is 0 Å². The topological polar surface area (TPSA) is 52.6 Å². The summed E-state index contributed by atoms with van der Waals surface area (Å²) in [5.74, 6) is 0. The third kappa shape index (κ3) is 1.73. The predicted octanol–water partition coefficient (Wildman–Crippen LogP) is 0.807. The maximum Gasteiger partial charge on any atom is 0.318 e. The van der Waals surface area contributed by atoms with Gasteiger partial charge in [0.15, 0.2) is 0 Å². The lowest BCUT2D eigenvalue weighted by Gasteiger charge is -2.11. The van der Waals surface area contributed by atoms with Crippen LogP contribution in [0.15, 0.2) is 17.5 Å². The van der Waals surface area contributed by atoms with E-state index in [9.17, 15) is 4.79 Å². The van der Waals surface area contributed by atoms with Gasteiger partial charge in [0, 0.05) is 18.0 Å². The van der Waals surface area contributed by atoms with Crippen LogP contribution >= 0.6 is 11.3 Å². The number of urea groups is 1. The fourth-order valence-corrected chi connectivity index (χ4v) is 2.32. The summed E-state index contributed by atoms with van der Waals surface area (Å²) in [5, 5.41) is 13.6. The summed E-state index contributed by atoms with van der Waals surface area (Å²) in [4.78, 5) is 14.2. The Morgan fingerprint density at radius 1 is 1.71 bits per heavy atom. The van der Waals surface area contributed by atoms with Crippen LogP contribution in [0, 0.1) is 0 Å². The number of aliphatic hydroxyl groups is 1. The maximum absolute atomic E-state index is 11.4. The average molecular weight is 212 g/mol. The number of nitrogens with zero attached hydrogens (tertiary/aromatic N) is 1. The molecular formula is C9H12N2O2S. The normalized spacial score (nSPS) is 21.4. The number of nitrogens with one attached hydrogen (secondary N) is 1. The Balaban J connectivity index is 2.03. The van der Waals surface area contributed by atoms with E-state index in [4.69, 9.17) is 5.11 Å². The van der Waals surface area contributed by atoms with E-state index in [-0.39, 0.29) is 18.7 Å². The molecule has 1 aromatic rings. The van der Waals surface area contributed by atoms with Gasteiger partial charge in [-0.1, -0.05) is 6.07 Å². The fourth-order valence-electron chi connectivity index (χ4n) is 1.55. The Morgan fingerprint density at radius 2 is 2.57 bits per heavy atom. The second-order valence-electron chi connectivity index (χ2n) is 3.19. The van der Waals surface area contributed by atoms with Crippen molar-refractivity contribution in [2.24, 2.45) is 0 Å². The summed E-state index contributed by atoms with van der Waals surface area (Å²) < 4.78 is 0. The standard InChI is InChI=1S/C9H12N2O2S/c12-4-3-11-6-7(10-9(11)13)8-2-1-5-14-8/h1-2,5,7,12H,3-4,6H2,(H,10,13). The minimum absolute atomic E-state index is 0.0184. The summed E-state index contributed by atoms with van der Waals surface area (Å²) >= 11 is 1.64. The number of β-amino-alcohol motifs (C(OH)–C–C–N with tert-alkyl or cyclic N) is 1. The van der Waals surface area contributed by atoms with Crippen LogP contribution in [-0.2, 0) is 0 Å². The highest BCUT2D eigenvalue weighted by atomic mass is 32.1. The van der Waals surface area contributed by atoms with Gasteiger partial charge in [0.05, 0.1) is 12.6 Å². The first-order valence-electron chi connectivity index (χ1n) is 4.51. The van der Waals surface area contributed by atoms with Crippen LogP contribution in [0.25, 0.3) is 0 Å². The number of carbonyl (C=O) groups excluding carboxylic acids is 1. The molecule has 2 rings (SSSR count). The van der Waals surface area contributed by atoms with Crippen LogP contribution in [0.1, 0.15) is 10.9 Å². The molecule has 2 N–H and O–H groups in total. The van der Waals surface area contributed by atoms with E-state index in [0.29, 0.717) is 13.1 Å². The predicted molar refractivity (Wildman–Crippen MR) is 54.3 cm³/mol. The van der Waals surface area contributed by atoms with Crippen LogP contribution in [0.4, 0.5) is 4.79 Å². The summed E-state index contributed by atoms with van der Waals surface area (Å²) in [5.41, 5.74) is 0. The molecule has 76 valence electrons. The molecule has 14 heavy (non-hydrogen) atoms. The molecule has 1 unspecified atom stereocenters. The monoisotopic (exact) mass is 212 g/mol. The highest BCUT2D eigenvalue weighted by molar-refractivity contribution is 7.10. The van der Waals surface area contributed by atoms with Crippen molar-refractivity contribution < 1.29 is 9.90 Å². The summed E-state index contributed by atoms with van der Waals surface area (Å²) in [6.07, 6.45) is 0. The van der Waals surface area contributed by atoms with Gasteiger partial charge in [-0.2, -0.15) is 0 Å². The van der Waals surface area contributed by atoms with E-state index in [1.54, 1.807) is 16.2 Å². The minimum atomic E-state index is -0.0857. The van der Waals surface area contributed by atoms with Crippen LogP contribution < -0.4 is 5.32 Å². The number of hydrogen-bond donors (Lipinski definition) is 2. The van der Waals surface area contributed by atoms with E-state index < -0.39 is 0 Å². The van der Waals surface area contributed by atoms with Crippen molar-refractivity contribution in [3.05, 3.63) is 22.4 Å². The van der Waals surface area contributed by atoms with Gasteiger partial charge in [0.2, 0.25) is 0 Å². The van der Waals surface area contributed by atoms with Gasteiger partial charge in [-0.3, -0.25) is 0 Å². The third-order valence-electron chi connectivity index (χ3n) is 2.24. The summed E-state index contributed by atoms with van der Waals surface area (Å²) in [6.45, 7) is 1.08. The molecule has 5 heteroatoms. The first-order valence-corrected chi connectivity index (χ1v) is 5.39. The summed E-state index contributed by atoms with van der Waals surface area (Å²) in [7, 11) is 0. The molecule has 4 nitrogen and oxygen atoms in total. The number of carbonyl (C=O) groups is 1. The van der Waals surface area contributed by atoms with E-state index in [0.717, 1.165) is 0 Å². The number of thiophene rings is 1. The van der Waals surface area contributed by atoms with Crippen molar-refractivity contribution in [2.75, 3.05) is 19.7 Å². The summed E-state index contributed by atoms with van der Waals surface area (Å²) in [6, 6.07) is 3.99. The molecule has 0 spiro atoms. The molecule has 0 aliphatic carbocycles. The number of amides is 2. The van der Waals surface area contributed by atoms with E-state index in [2.05, 4.69) is 5.32 Å². The Bertz CT molecular complexity index is 313. The molecule has 1 saturated heterocycles. The number of rotatable bonds is 3. The van der Waals surface area contributed by atoms with Crippen molar-refractivity contribution >= 4 is 17.4 Å². The highest BCUT2D eigenvalue weighted by Gasteiger charge is 2.29. The second kappa shape index (κ2) is 3.98. The third-order valence-corrected chi connectivity index (χ3v) is 3.23. The second-order valence-corrected chi connectivity index (χ2v) is 4.17. The molecule has 0 aromatic carbocycles. The van der Waals surface area contributed by atoms with Crippen LogP contribution in [0.5, 0.6) is 0 Å². The van der Waals surface area contributed by atoms with Gasteiger partial charge in [-0.15, -0.1) is 11.3 Å². The molecule has 1 aliphatic heterocycles. The van der Waals surface area contributed by atoms with Crippen LogP contribution in [0.2, 0.25) is 0 Å². The quantitative estimate of drug-likeness (QED) is 0.779. The number of aliphatic hydroxyl groups excluding tert-OH is 1. The Kier molecular flexibility index (Phi) is 2.69. The van der Waals surface area contributed by atoms with E-state index in [1.165, 1.54) is 4.88 Å². The Labute approximate surface area is 86.2 Å². The van der Waals surface area contributed by atoms with Gasteiger partial charge in [-0.05, 0) is 11.4 Å². The molecule has 1 atom stereocenters. The van der Waals surface area contributed by atoms with Crippen LogP contribution in [0.3, 0.4) is 0 Å². The molecular weight excluding hydrogens is 200 g/mol. The van der Waals surface area contributed by atoms with Gasteiger partial charge in [0.1, 0.15) is 0 Å². The molecule has 0 saturated carbocycles. The largest absolute Gasteiger partial charge is 0.395 e. The SMILES string of the molecule is O=C1NC(c2cccs2)CN1CCO. The zero-order valence-electron chi connectivity index (χ0n) is 7.64. The fraction of sp³-hybridized carbons (Fsp3) is 0.444. The van der Waals surface area contributed by atoms with Crippen molar-refractivity contribution in [1.82, 2.24) is 10.2 Å². The van der Waals surface area contributed by atoms with Gasteiger partial charge >= 0.3 is 6.03 Å². The minimum Gasteiger partial charge on any atom is -0.395 e. The van der Waals surface area contributed by atoms with Gasteiger partial charge < -0.3 is 15.3 Å². The van der Waals surface area contributed by atoms with Gasteiger partial charge in [0.25, 0.3) is 0 Å². The van der Waals surface area contributed by atoms with E-state index >= 15 is 0 Å². The molecule has 0 bridgehead atoms. The maximum atomic E-state index is 11.4. The Hall–Kier alpha value is -1.07. The molecule has 2 amide bonds. The smallest absolute Gasteiger partial charge is 0.318 e. The molecule has 0 radical (unpaired) electrons. The first kappa shape index (κ1) is 9.48. The van der Waals surface area contributed by atoms with Crippen molar-refractivity contribution in [3.8, 4) is 0 Å². The van der Waals surface area contributed by atoms with Gasteiger partial charge in [-0.25, -0.2) is 4.79 Å². The highest BCUT2D eigenvalue weighted by Crippen LogP contribution is 2.23. The zero-order chi connectivity index (χ0) is 9.97. The lowest BCUT2D eigenvalue weighted by atomic mass is 10.2. The average Bonchev–Trinajstić information content (AvgIpc) is 2.76. The zero-order valence-corrected chi connectivity index (χ0v) is 8.46. The van der Waals surface area contributed by atoms with E-state index in [1.807, 2.05) is 17.5 Å². The molecule has 1 fully saturated rings. The molecule has 1 aromatic heterocycles.